The summed E-state index contributed by atoms with van der Waals surface area (Å²) in [6.07, 6.45) is 5.94. The molecule has 0 aliphatic carbocycles. The van der Waals surface area contributed by atoms with Gasteiger partial charge in [-0.05, 0) is 19.8 Å². The normalized spacial score (nSPS) is 11.3. The number of halogens is 1. The molecular formula is C10H15Cl. The lowest BCUT2D eigenvalue weighted by Gasteiger charge is -1.96. The van der Waals surface area contributed by atoms with Crippen molar-refractivity contribution in [3.63, 3.8) is 0 Å². The molecule has 0 nitrogen and oxygen atoms in total. The van der Waals surface area contributed by atoms with Crippen molar-refractivity contribution in [1.29, 1.82) is 0 Å². The largest absolute Gasteiger partial charge is 0.122 e. The molecule has 0 saturated heterocycles. The molecule has 0 N–H and O–H groups in total. The minimum absolute atomic E-state index is 0.626. The predicted molar refractivity (Wildman–Crippen MR) is 53.0 cm³/mol. The summed E-state index contributed by atoms with van der Waals surface area (Å²) in [5.41, 5.74) is 2.31. The average Bonchev–Trinajstić information content (AvgIpc) is 2.04. The molecule has 0 amide bonds. The van der Waals surface area contributed by atoms with Crippen molar-refractivity contribution in [3.05, 3.63) is 36.5 Å². The maximum Gasteiger partial charge on any atom is 0.0430 e. The van der Waals surface area contributed by atoms with Crippen LogP contribution in [0.4, 0.5) is 0 Å². The van der Waals surface area contributed by atoms with Crippen molar-refractivity contribution < 1.29 is 0 Å². The summed E-state index contributed by atoms with van der Waals surface area (Å²) in [6, 6.07) is 0. The van der Waals surface area contributed by atoms with Crippen LogP contribution in [-0.2, 0) is 0 Å². The van der Waals surface area contributed by atoms with Crippen LogP contribution in [0.5, 0.6) is 0 Å². The Morgan fingerprint density at radius 2 is 2.18 bits per heavy atom. The van der Waals surface area contributed by atoms with Gasteiger partial charge in [0.15, 0.2) is 0 Å². The van der Waals surface area contributed by atoms with Crippen LogP contribution in [0.1, 0.15) is 19.8 Å². The average molecular weight is 171 g/mol. The van der Waals surface area contributed by atoms with Gasteiger partial charge in [-0.15, -0.1) is 11.6 Å². The van der Waals surface area contributed by atoms with Crippen molar-refractivity contribution in [2.45, 2.75) is 19.8 Å². The second-order valence-corrected chi connectivity index (χ2v) is 2.85. The van der Waals surface area contributed by atoms with Crippen LogP contribution in [-0.4, -0.2) is 5.88 Å². The van der Waals surface area contributed by atoms with Gasteiger partial charge >= 0.3 is 0 Å². The lowest BCUT2D eigenvalue weighted by atomic mass is 10.1. The molecule has 0 aromatic carbocycles. The van der Waals surface area contributed by atoms with Crippen LogP contribution in [0.2, 0.25) is 0 Å². The molecule has 0 atom stereocenters. The topological polar surface area (TPSA) is 0 Å². The van der Waals surface area contributed by atoms with Crippen molar-refractivity contribution in [2.24, 2.45) is 0 Å². The Kier molecular flexibility index (Phi) is 5.96. The van der Waals surface area contributed by atoms with Crippen molar-refractivity contribution in [3.8, 4) is 0 Å². The van der Waals surface area contributed by atoms with E-state index in [9.17, 15) is 0 Å². The van der Waals surface area contributed by atoms with Gasteiger partial charge in [-0.1, -0.05) is 36.5 Å². The summed E-state index contributed by atoms with van der Waals surface area (Å²) < 4.78 is 0. The van der Waals surface area contributed by atoms with Gasteiger partial charge in [0.1, 0.15) is 0 Å². The van der Waals surface area contributed by atoms with Crippen molar-refractivity contribution >= 4 is 11.6 Å². The minimum Gasteiger partial charge on any atom is -0.122 e. The Labute approximate surface area is 74.3 Å². The van der Waals surface area contributed by atoms with Gasteiger partial charge < -0.3 is 0 Å². The van der Waals surface area contributed by atoms with E-state index in [0.717, 1.165) is 18.4 Å². The minimum atomic E-state index is 0.626. The zero-order valence-corrected chi connectivity index (χ0v) is 7.82. The summed E-state index contributed by atoms with van der Waals surface area (Å²) in [7, 11) is 0. The van der Waals surface area contributed by atoms with Crippen LogP contribution in [0, 0.1) is 0 Å². The Morgan fingerprint density at radius 1 is 1.55 bits per heavy atom. The van der Waals surface area contributed by atoms with Crippen molar-refractivity contribution in [2.75, 3.05) is 5.88 Å². The molecule has 0 saturated carbocycles. The fraction of sp³-hybridized carbons (Fsp3) is 0.400. The number of allylic oxidation sites excluding steroid dienone is 4. The summed E-state index contributed by atoms with van der Waals surface area (Å²) in [5.74, 6) is 0.626. The third-order valence-electron chi connectivity index (χ3n) is 1.46. The molecule has 11 heavy (non-hydrogen) atoms. The molecule has 0 fully saturated rings. The molecule has 0 rings (SSSR count). The molecule has 0 unspecified atom stereocenters. The second-order valence-electron chi connectivity index (χ2n) is 2.59. The highest BCUT2D eigenvalue weighted by molar-refractivity contribution is 6.19. The number of alkyl halides is 1. The number of hydrogen-bond acceptors (Lipinski definition) is 0. The Hall–Kier alpha value is -0.490. The lowest BCUT2D eigenvalue weighted by molar-refractivity contribution is 1.000. The molecule has 62 valence electrons. The summed E-state index contributed by atoms with van der Waals surface area (Å²) >= 11 is 5.59. The Balaban J connectivity index is 3.55. The van der Waals surface area contributed by atoms with Crippen LogP contribution in [0.3, 0.4) is 0 Å². The lowest BCUT2D eigenvalue weighted by Crippen LogP contribution is -1.78. The van der Waals surface area contributed by atoms with E-state index in [1.165, 1.54) is 5.57 Å². The second kappa shape index (κ2) is 6.23. The highest BCUT2D eigenvalue weighted by Crippen LogP contribution is 2.06. The summed E-state index contributed by atoms with van der Waals surface area (Å²) in [4.78, 5) is 0. The van der Waals surface area contributed by atoms with Gasteiger partial charge in [0, 0.05) is 5.88 Å². The smallest absolute Gasteiger partial charge is 0.0430 e. The quantitative estimate of drug-likeness (QED) is 0.335. The molecule has 0 aromatic rings. The first-order valence-electron chi connectivity index (χ1n) is 3.72. The molecule has 0 aromatic heterocycles. The van der Waals surface area contributed by atoms with E-state index in [1.54, 1.807) is 6.08 Å². The van der Waals surface area contributed by atoms with Crippen LogP contribution in [0.15, 0.2) is 36.5 Å². The Morgan fingerprint density at radius 3 is 2.64 bits per heavy atom. The van der Waals surface area contributed by atoms with Gasteiger partial charge in [0.25, 0.3) is 0 Å². The molecule has 0 aliphatic heterocycles. The molecular weight excluding hydrogens is 156 g/mol. The molecule has 0 radical (unpaired) electrons. The van der Waals surface area contributed by atoms with Crippen molar-refractivity contribution in [1.82, 2.24) is 0 Å². The third kappa shape index (κ3) is 5.93. The molecule has 0 heterocycles. The monoisotopic (exact) mass is 170 g/mol. The highest BCUT2D eigenvalue weighted by Gasteiger charge is 1.87. The molecule has 1 heteroatoms. The van der Waals surface area contributed by atoms with E-state index in [-0.39, 0.29) is 0 Å². The molecule has 0 aliphatic rings. The van der Waals surface area contributed by atoms with E-state index in [0.29, 0.717) is 5.88 Å². The van der Waals surface area contributed by atoms with Gasteiger partial charge in [-0.2, -0.15) is 0 Å². The summed E-state index contributed by atoms with van der Waals surface area (Å²) in [5, 5.41) is 0. The first kappa shape index (κ1) is 10.5. The maximum atomic E-state index is 5.59. The molecule has 0 bridgehead atoms. The van der Waals surface area contributed by atoms with E-state index >= 15 is 0 Å². The third-order valence-corrected chi connectivity index (χ3v) is 1.88. The van der Waals surface area contributed by atoms with Crippen LogP contribution < -0.4 is 0 Å². The van der Waals surface area contributed by atoms with Gasteiger partial charge in [-0.3, -0.25) is 0 Å². The van der Waals surface area contributed by atoms with Gasteiger partial charge in [0.2, 0.25) is 0 Å². The van der Waals surface area contributed by atoms with Gasteiger partial charge in [0.05, 0.1) is 0 Å². The highest BCUT2D eigenvalue weighted by atomic mass is 35.5. The summed E-state index contributed by atoms with van der Waals surface area (Å²) in [6.45, 7) is 9.48. The predicted octanol–water partition coefficient (Wildman–Crippen LogP) is 3.69. The Bertz CT molecular complexity index is 166. The number of hydrogen-bond donors (Lipinski definition) is 0. The fourth-order valence-electron chi connectivity index (χ4n) is 0.661. The first-order chi connectivity index (χ1) is 5.20. The first-order valence-corrected chi connectivity index (χ1v) is 4.26. The van der Waals surface area contributed by atoms with E-state index < -0.39 is 0 Å². The van der Waals surface area contributed by atoms with Crippen LogP contribution in [0.25, 0.3) is 0 Å². The number of rotatable bonds is 5. The zero-order valence-electron chi connectivity index (χ0n) is 7.07. The van der Waals surface area contributed by atoms with E-state index in [2.05, 4.69) is 19.2 Å². The maximum absolute atomic E-state index is 5.59. The van der Waals surface area contributed by atoms with E-state index in [1.807, 2.05) is 6.92 Å². The zero-order chi connectivity index (χ0) is 8.69. The standard InChI is InChI=1S/C10H15Cl/c1-4-9(2)6-5-7-10(3)8-11/h4,7H,1-2,5-6,8H2,3H3/b10-7+. The fourth-order valence-corrected chi connectivity index (χ4v) is 0.770. The SMILES string of the molecule is C=CC(=C)CC/C=C(\C)CCl. The van der Waals surface area contributed by atoms with Gasteiger partial charge in [-0.25, -0.2) is 0 Å². The van der Waals surface area contributed by atoms with E-state index in [4.69, 9.17) is 11.6 Å². The molecule has 0 spiro atoms. The van der Waals surface area contributed by atoms with Crippen LogP contribution >= 0.6 is 11.6 Å².